The number of benzene rings is 2. The minimum atomic E-state index is -3.76. The Balaban J connectivity index is 1.57. The van der Waals surface area contributed by atoms with E-state index in [0.717, 1.165) is 30.4 Å². The fourth-order valence-corrected chi connectivity index (χ4v) is 6.20. The second kappa shape index (κ2) is 9.99. The van der Waals surface area contributed by atoms with Crippen LogP contribution < -0.4 is 10.1 Å². The van der Waals surface area contributed by atoms with E-state index in [1.165, 1.54) is 24.4 Å². The Morgan fingerprint density at radius 1 is 1.09 bits per heavy atom. The molecule has 8 nitrogen and oxygen atoms in total. The molecule has 2 heterocycles. The molecule has 4 rings (SSSR count). The van der Waals surface area contributed by atoms with Crippen LogP contribution >= 0.6 is 0 Å². The summed E-state index contributed by atoms with van der Waals surface area (Å²) in [6.45, 7) is 2.40. The third-order valence-corrected chi connectivity index (χ3v) is 8.15. The molecule has 2 aromatic carbocycles. The van der Waals surface area contributed by atoms with Crippen molar-refractivity contribution >= 4 is 33.6 Å². The quantitative estimate of drug-likeness (QED) is 0.675. The summed E-state index contributed by atoms with van der Waals surface area (Å²) in [5.74, 6) is -0.256. The summed E-state index contributed by atoms with van der Waals surface area (Å²) in [5, 5.41) is 2.81. The first-order chi connectivity index (χ1) is 16.3. The van der Waals surface area contributed by atoms with E-state index in [1.54, 1.807) is 23.2 Å². The number of piperidine rings is 1. The molecule has 0 aromatic heterocycles. The Labute approximate surface area is 200 Å². The van der Waals surface area contributed by atoms with Gasteiger partial charge in [0.15, 0.2) is 0 Å². The van der Waals surface area contributed by atoms with Crippen LogP contribution in [0.5, 0.6) is 5.75 Å². The largest absolute Gasteiger partial charge is 0.495 e. The molecule has 1 saturated heterocycles. The van der Waals surface area contributed by atoms with Crippen molar-refractivity contribution in [3.63, 3.8) is 0 Å². The van der Waals surface area contributed by atoms with Crippen LogP contribution in [0, 0.1) is 0 Å². The number of anilines is 1. The van der Waals surface area contributed by atoms with E-state index in [1.807, 2.05) is 30.3 Å². The normalized spacial score (nSPS) is 18.3. The van der Waals surface area contributed by atoms with Crippen molar-refractivity contribution in [2.75, 3.05) is 25.5 Å². The van der Waals surface area contributed by atoms with E-state index in [9.17, 15) is 18.0 Å². The van der Waals surface area contributed by atoms with Crippen molar-refractivity contribution in [1.82, 2.24) is 9.21 Å². The molecule has 0 saturated carbocycles. The van der Waals surface area contributed by atoms with E-state index < -0.39 is 16.1 Å². The number of carbonyl (C=O) groups excluding carboxylic acids is 2. The number of nitrogens with one attached hydrogen (secondary N) is 1. The molecule has 2 aromatic rings. The van der Waals surface area contributed by atoms with Crippen LogP contribution in [0.4, 0.5) is 5.69 Å². The minimum absolute atomic E-state index is 0.0289. The third kappa shape index (κ3) is 4.85. The van der Waals surface area contributed by atoms with Gasteiger partial charge in [-0.3, -0.25) is 9.59 Å². The zero-order chi connectivity index (χ0) is 24.3. The summed E-state index contributed by atoms with van der Waals surface area (Å²) in [4.78, 5) is 26.8. The van der Waals surface area contributed by atoms with Crippen LogP contribution in [-0.4, -0.2) is 49.6 Å². The highest BCUT2D eigenvalue weighted by atomic mass is 32.2. The van der Waals surface area contributed by atoms with Crippen molar-refractivity contribution in [2.45, 2.75) is 43.5 Å². The van der Waals surface area contributed by atoms with Gasteiger partial charge in [0.2, 0.25) is 21.8 Å². The minimum Gasteiger partial charge on any atom is -0.495 e. The maximum Gasteiger partial charge on any atom is 0.246 e. The summed E-state index contributed by atoms with van der Waals surface area (Å²) < 4.78 is 33.3. The zero-order valence-corrected chi connectivity index (χ0v) is 20.2. The van der Waals surface area contributed by atoms with Crippen LogP contribution in [0.3, 0.4) is 0 Å². The summed E-state index contributed by atoms with van der Waals surface area (Å²) in [6.07, 6.45) is 6.23. The van der Waals surface area contributed by atoms with E-state index in [4.69, 9.17) is 4.74 Å². The van der Waals surface area contributed by atoms with Crippen LogP contribution in [-0.2, 0) is 19.6 Å². The van der Waals surface area contributed by atoms with Gasteiger partial charge in [-0.2, -0.15) is 4.31 Å². The molecule has 0 unspecified atom stereocenters. The maximum absolute atomic E-state index is 13.3. The van der Waals surface area contributed by atoms with Crippen LogP contribution in [0.2, 0.25) is 0 Å². The Hall–Kier alpha value is -3.17. The lowest BCUT2D eigenvalue weighted by Crippen LogP contribution is -2.35. The fraction of sp³-hybridized carbons (Fsp3) is 0.360. The van der Waals surface area contributed by atoms with Crippen LogP contribution in [0.25, 0.3) is 6.08 Å². The van der Waals surface area contributed by atoms with Gasteiger partial charge >= 0.3 is 0 Å². The molecule has 34 heavy (non-hydrogen) atoms. The number of nitrogens with zero attached hydrogens (tertiary/aromatic N) is 2. The van der Waals surface area contributed by atoms with E-state index in [-0.39, 0.29) is 28.9 Å². The van der Waals surface area contributed by atoms with Gasteiger partial charge in [-0.1, -0.05) is 30.7 Å². The molecule has 0 aliphatic carbocycles. The fourth-order valence-electron chi connectivity index (χ4n) is 4.50. The highest BCUT2D eigenvalue weighted by molar-refractivity contribution is 7.89. The Kier molecular flexibility index (Phi) is 7.04. The van der Waals surface area contributed by atoms with Gasteiger partial charge in [-0.05, 0) is 48.2 Å². The zero-order valence-electron chi connectivity index (χ0n) is 19.4. The van der Waals surface area contributed by atoms with Gasteiger partial charge in [0.1, 0.15) is 10.6 Å². The first kappa shape index (κ1) is 24.0. The molecule has 0 radical (unpaired) electrons. The predicted octanol–water partition coefficient (Wildman–Crippen LogP) is 3.77. The molecule has 9 heteroatoms. The van der Waals surface area contributed by atoms with Crippen molar-refractivity contribution in [1.29, 1.82) is 0 Å². The van der Waals surface area contributed by atoms with Crippen LogP contribution in [0.1, 0.15) is 49.8 Å². The molecule has 1 N–H and O–H groups in total. The first-order valence-electron chi connectivity index (χ1n) is 11.4. The molecule has 2 aliphatic heterocycles. The summed E-state index contributed by atoms with van der Waals surface area (Å²) in [7, 11) is -2.33. The molecule has 180 valence electrons. The van der Waals surface area contributed by atoms with Gasteiger partial charge in [0.25, 0.3) is 0 Å². The molecule has 2 aliphatic rings. The summed E-state index contributed by atoms with van der Waals surface area (Å²) >= 11 is 0. The molecule has 1 fully saturated rings. The van der Waals surface area contributed by atoms with Crippen LogP contribution in [0.15, 0.2) is 53.6 Å². The summed E-state index contributed by atoms with van der Waals surface area (Å²) in [6, 6.07) is 11.8. The Morgan fingerprint density at radius 2 is 1.82 bits per heavy atom. The Bertz CT molecular complexity index is 1220. The third-order valence-electron chi connectivity index (χ3n) is 6.23. The van der Waals surface area contributed by atoms with Gasteiger partial charge in [-0.25, -0.2) is 8.42 Å². The standard InChI is InChI=1S/C25H29N3O5S/c1-18(29)28-15-12-19-8-4-5-9-21(19)22(28)17-25(30)26-20-10-11-23(33-2)24(16-20)34(31,32)27-13-6-3-7-14-27/h4-5,8-12,15-16,22H,3,6-7,13-14,17H2,1-2H3,(H,26,30)/t22-/m1/s1. The number of carbonyl (C=O) groups is 2. The molecule has 1 atom stereocenters. The second-order valence-corrected chi connectivity index (χ2v) is 10.4. The number of rotatable bonds is 6. The Morgan fingerprint density at radius 3 is 2.53 bits per heavy atom. The lowest BCUT2D eigenvalue weighted by atomic mass is 9.93. The lowest BCUT2D eigenvalue weighted by Gasteiger charge is -2.32. The van der Waals surface area contributed by atoms with E-state index in [2.05, 4.69) is 5.32 Å². The number of sulfonamides is 1. The molecule has 2 amide bonds. The van der Waals surface area contributed by atoms with Gasteiger partial charge in [0.05, 0.1) is 19.6 Å². The van der Waals surface area contributed by atoms with E-state index in [0.29, 0.717) is 18.8 Å². The highest BCUT2D eigenvalue weighted by Gasteiger charge is 2.31. The SMILES string of the molecule is COc1ccc(NC(=O)C[C@@H]2c3ccccc3C=CN2C(C)=O)cc1S(=O)(=O)N1CCCCC1. The second-order valence-electron chi connectivity index (χ2n) is 8.47. The number of ether oxygens (including phenoxy) is 1. The van der Waals surface area contributed by atoms with Gasteiger partial charge in [0, 0.05) is 31.9 Å². The van der Waals surface area contributed by atoms with Crippen molar-refractivity contribution < 1.29 is 22.7 Å². The first-order valence-corrected chi connectivity index (χ1v) is 12.8. The topological polar surface area (TPSA) is 96.0 Å². The lowest BCUT2D eigenvalue weighted by molar-refractivity contribution is -0.129. The molecule has 0 spiro atoms. The van der Waals surface area contributed by atoms with E-state index >= 15 is 0 Å². The smallest absolute Gasteiger partial charge is 0.246 e. The summed E-state index contributed by atoms with van der Waals surface area (Å²) in [5.41, 5.74) is 2.20. The number of hydrogen-bond acceptors (Lipinski definition) is 5. The monoisotopic (exact) mass is 483 g/mol. The molecule has 0 bridgehead atoms. The number of hydrogen-bond donors (Lipinski definition) is 1. The van der Waals surface area contributed by atoms with Gasteiger partial charge < -0.3 is 15.0 Å². The van der Waals surface area contributed by atoms with Crippen molar-refractivity contribution in [2.24, 2.45) is 0 Å². The molecular formula is C25H29N3O5S. The van der Waals surface area contributed by atoms with Crippen molar-refractivity contribution in [3.05, 3.63) is 59.8 Å². The van der Waals surface area contributed by atoms with Gasteiger partial charge in [-0.15, -0.1) is 0 Å². The average Bonchev–Trinajstić information content (AvgIpc) is 2.84. The number of amides is 2. The predicted molar refractivity (Wildman–Crippen MR) is 130 cm³/mol. The molecular weight excluding hydrogens is 454 g/mol. The highest BCUT2D eigenvalue weighted by Crippen LogP contribution is 2.34. The number of fused-ring (bicyclic) bond motifs is 1. The van der Waals surface area contributed by atoms with Crippen molar-refractivity contribution in [3.8, 4) is 5.75 Å². The number of methoxy groups -OCH3 is 1. The maximum atomic E-state index is 13.3. The average molecular weight is 484 g/mol.